The van der Waals surface area contributed by atoms with E-state index in [1.807, 2.05) is 18.2 Å². The number of rotatable bonds is 3. The SMILES string of the molecule is O=c1c2ccncc2ncn1Cc1ccc(-c2cnc3c(c2)C=CC3)cc1F. The lowest BCUT2D eigenvalue weighted by molar-refractivity contribution is 0.596. The van der Waals surface area contributed by atoms with E-state index in [1.165, 1.54) is 23.2 Å². The summed E-state index contributed by atoms with van der Waals surface area (Å²) < 4.78 is 16.2. The van der Waals surface area contributed by atoms with Crippen LogP contribution in [0.5, 0.6) is 0 Å². The molecule has 0 N–H and O–H groups in total. The lowest BCUT2D eigenvalue weighted by atomic mass is 10.0. The quantitative estimate of drug-likeness (QED) is 0.553. The first-order valence-corrected chi connectivity index (χ1v) is 8.92. The highest BCUT2D eigenvalue weighted by Gasteiger charge is 2.12. The van der Waals surface area contributed by atoms with Crippen LogP contribution in [0.25, 0.3) is 28.1 Å². The maximum Gasteiger partial charge on any atom is 0.261 e. The second kappa shape index (κ2) is 6.49. The lowest BCUT2D eigenvalue weighted by Crippen LogP contribution is -2.21. The molecule has 0 aliphatic heterocycles. The Morgan fingerprint density at radius 2 is 2.00 bits per heavy atom. The smallest absolute Gasteiger partial charge is 0.261 e. The maximum atomic E-state index is 14.8. The topological polar surface area (TPSA) is 60.7 Å². The van der Waals surface area contributed by atoms with Gasteiger partial charge < -0.3 is 0 Å². The second-order valence-corrected chi connectivity index (χ2v) is 6.74. The third-order valence-electron chi connectivity index (χ3n) is 4.97. The van der Waals surface area contributed by atoms with Crippen molar-refractivity contribution in [1.82, 2.24) is 19.5 Å². The summed E-state index contributed by atoms with van der Waals surface area (Å²) in [7, 11) is 0. The molecule has 3 aromatic heterocycles. The number of fused-ring (bicyclic) bond motifs is 2. The average molecular weight is 370 g/mol. The van der Waals surface area contributed by atoms with Gasteiger partial charge in [0.2, 0.25) is 0 Å². The fourth-order valence-corrected chi connectivity index (χ4v) is 3.44. The van der Waals surface area contributed by atoms with Crippen LogP contribution >= 0.6 is 0 Å². The largest absolute Gasteiger partial charge is 0.294 e. The van der Waals surface area contributed by atoms with Crippen molar-refractivity contribution in [2.45, 2.75) is 13.0 Å². The highest BCUT2D eigenvalue weighted by atomic mass is 19.1. The summed E-state index contributed by atoms with van der Waals surface area (Å²) in [5.74, 6) is -0.365. The molecule has 1 aliphatic carbocycles. The summed E-state index contributed by atoms with van der Waals surface area (Å²) in [4.78, 5) is 25.2. The van der Waals surface area contributed by atoms with Gasteiger partial charge in [0.05, 0.1) is 35.7 Å². The number of allylic oxidation sites excluding steroid dienone is 1. The van der Waals surface area contributed by atoms with E-state index in [9.17, 15) is 9.18 Å². The standard InChI is InChI=1S/C22H15FN4O/c23-19-9-14(17-8-15-2-1-3-20(15)25-10-17)4-5-16(19)12-27-13-26-21-11-24-7-6-18(21)22(27)28/h1-2,4-11,13H,3,12H2. The van der Waals surface area contributed by atoms with Gasteiger partial charge >= 0.3 is 0 Å². The average Bonchev–Trinajstić information content (AvgIpc) is 3.19. The molecule has 0 bridgehead atoms. The van der Waals surface area contributed by atoms with Crippen LogP contribution in [0.1, 0.15) is 16.8 Å². The summed E-state index contributed by atoms with van der Waals surface area (Å²) in [6.07, 6.45) is 11.2. The van der Waals surface area contributed by atoms with Crippen molar-refractivity contribution in [3.63, 3.8) is 0 Å². The zero-order chi connectivity index (χ0) is 19.1. The molecule has 0 fully saturated rings. The van der Waals surface area contributed by atoms with E-state index < -0.39 is 0 Å². The van der Waals surface area contributed by atoms with Gasteiger partial charge in [-0.3, -0.25) is 19.3 Å². The van der Waals surface area contributed by atoms with Gasteiger partial charge in [-0.05, 0) is 29.3 Å². The second-order valence-electron chi connectivity index (χ2n) is 6.74. The summed E-state index contributed by atoms with van der Waals surface area (Å²) in [6.45, 7) is 0.112. The molecule has 0 saturated heterocycles. The molecule has 4 aromatic rings. The van der Waals surface area contributed by atoms with Crippen molar-refractivity contribution in [3.8, 4) is 11.1 Å². The molecule has 0 unspecified atom stereocenters. The van der Waals surface area contributed by atoms with Crippen molar-refractivity contribution < 1.29 is 4.39 Å². The van der Waals surface area contributed by atoms with Crippen LogP contribution in [0.2, 0.25) is 0 Å². The first-order valence-electron chi connectivity index (χ1n) is 8.92. The Hall–Kier alpha value is -3.67. The molecule has 136 valence electrons. The predicted octanol–water partition coefficient (Wildman–Crippen LogP) is 3.61. The van der Waals surface area contributed by atoms with Crippen molar-refractivity contribution >= 4 is 17.0 Å². The van der Waals surface area contributed by atoms with Gasteiger partial charge in [0.1, 0.15) is 5.82 Å². The third kappa shape index (κ3) is 2.79. The van der Waals surface area contributed by atoms with E-state index in [-0.39, 0.29) is 17.9 Å². The Kier molecular flexibility index (Phi) is 3.83. The van der Waals surface area contributed by atoms with Gasteiger partial charge in [-0.15, -0.1) is 0 Å². The Morgan fingerprint density at radius 3 is 2.89 bits per heavy atom. The maximum absolute atomic E-state index is 14.8. The minimum atomic E-state index is -0.365. The van der Waals surface area contributed by atoms with E-state index >= 15 is 0 Å². The first kappa shape index (κ1) is 16.5. The molecule has 1 aromatic carbocycles. The number of aromatic nitrogens is 4. The van der Waals surface area contributed by atoms with Crippen LogP contribution in [0, 0.1) is 5.82 Å². The Labute approximate surface area is 159 Å². The van der Waals surface area contributed by atoms with E-state index in [0.717, 1.165) is 28.8 Å². The zero-order valence-electron chi connectivity index (χ0n) is 14.8. The molecule has 0 saturated carbocycles. The molecule has 3 heterocycles. The van der Waals surface area contributed by atoms with Crippen LogP contribution in [0.3, 0.4) is 0 Å². The van der Waals surface area contributed by atoms with Crippen LogP contribution in [0.15, 0.2) is 66.1 Å². The van der Waals surface area contributed by atoms with Gasteiger partial charge in [-0.2, -0.15) is 0 Å². The Morgan fingerprint density at radius 1 is 1.07 bits per heavy atom. The summed E-state index contributed by atoms with van der Waals surface area (Å²) >= 11 is 0. The number of pyridine rings is 2. The fourth-order valence-electron chi connectivity index (χ4n) is 3.44. The van der Waals surface area contributed by atoms with Gasteiger partial charge in [0.25, 0.3) is 5.56 Å². The molecular weight excluding hydrogens is 355 g/mol. The predicted molar refractivity (Wildman–Crippen MR) is 105 cm³/mol. The Bertz CT molecular complexity index is 1310. The number of benzene rings is 1. The van der Waals surface area contributed by atoms with Crippen molar-refractivity contribution in [3.05, 3.63) is 94.3 Å². The molecule has 28 heavy (non-hydrogen) atoms. The van der Waals surface area contributed by atoms with Crippen LogP contribution < -0.4 is 5.56 Å². The van der Waals surface area contributed by atoms with Crippen molar-refractivity contribution in [1.29, 1.82) is 0 Å². The minimum Gasteiger partial charge on any atom is -0.294 e. The molecule has 5 nitrogen and oxygen atoms in total. The normalized spacial score (nSPS) is 12.5. The molecule has 5 rings (SSSR count). The van der Waals surface area contributed by atoms with Crippen LogP contribution in [-0.4, -0.2) is 19.5 Å². The fraction of sp³-hybridized carbons (Fsp3) is 0.0909. The van der Waals surface area contributed by atoms with E-state index in [4.69, 9.17) is 0 Å². The summed E-state index contributed by atoms with van der Waals surface area (Å²) in [6, 6.07) is 8.68. The molecule has 0 spiro atoms. The number of hydrogen-bond acceptors (Lipinski definition) is 4. The summed E-state index contributed by atoms with van der Waals surface area (Å²) in [5.41, 5.74) is 4.47. The Balaban J connectivity index is 1.48. The molecule has 0 amide bonds. The number of halogens is 1. The third-order valence-corrected chi connectivity index (χ3v) is 4.97. The highest BCUT2D eigenvalue weighted by molar-refractivity contribution is 5.75. The highest BCUT2D eigenvalue weighted by Crippen LogP contribution is 2.26. The van der Waals surface area contributed by atoms with Crippen LogP contribution in [0.4, 0.5) is 4.39 Å². The first-order chi connectivity index (χ1) is 13.7. The molecule has 0 atom stereocenters. The summed E-state index contributed by atoms with van der Waals surface area (Å²) in [5, 5.41) is 0.465. The molecule has 6 heteroatoms. The monoisotopic (exact) mass is 370 g/mol. The zero-order valence-corrected chi connectivity index (χ0v) is 14.8. The van der Waals surface area contributed by atoms with Crippen molar-refractivity contribution in [2.24, 2.45) is 0 Å². The van der Waals surface area contributed by atoms with E-state index in [0.29, 0.717) is 16.5 Å². The number of hydrogen-bond donors (Lipinski definition) is 0. The molecule has 0 radical (unpaired) electrons. The minimum absolute atomic E-state index is 0.112. The molecule has 1 aliphatic rings. The van der Waals surface area contributed by atoms with E-state index in [2.05, 4.69) is 21.0 Å². The van der Waals surface area contributed by atoms with E-state index in [1.54, 1.807) is 24.5 Å². The van der Waals surface area contributed by atoms with Crippen LogP contribution in [-0.2, 0) is 13.0 Å². The number of nitrogens with zero attached hydrogens (tertiary/aromatic N) is 4. The van der Waals surface area contributed by atoms with Crippen molar-refractivity contribution in [2.75, 3.05) is 0 Å². The van der Waals surface area contributed by atoms with Gasteiger partial charge in [0.15, 0.2) is 0 Å². The van der Waals surface area contributed by atoms with Gasteiger partial charge in [0, 0.05) is 29.9 Å². The molecular formula is C22H15FN4O. The van der Waals surface area contributed by atoms with Gasteiger partial charge in [-0.1, -0.05) is 24.3 Å². The lowest BCUT2D eigenvalue weighted by Gasteiger charge is -2.10. The van der Waals surface area contributed by atoms with Gasteiger partial charge in [-0.25, -0.2) is 9.37 Å².